The highest BCUT2D eigenvalue weighted by atomic mass is 32.2. The summed E-state index contributed by atoms with van der Waals surface area (Å²) >= 11 is 0. The number of hydrogen-bond donors (Lipinski definition) is 1. The lowest BCUT2D eigenvalue weighted by atomic mass is 9.92. The molecule has 2 rings (SSSR count). The Morgan fingerprint density at radius 1 is 1.35 bits per heavy atom. The van der Waals surface area contributed by atoms with Gasteiger partial charge in [0.1, 0.15) is 5.75 Å². The topological polar surface area (TPSA) is 55.4 Å². The summed E-state index contributed by atoms with van der Waals surface area (Å²) < 4.78 is 28.8. The predicted octanol–water partition coefficient (Wildman–Crippen LogP) is 2.10. The van der Waals surface area contributed by atoms with E-state index in [1.54, 1.807) is 20.9 Å². The molecular weight excluding hydrogens is 274 g/mol. The molecule has 4 nitrogen and oxygen atoms in total. The summed E-state index contributed by atoms with van der Waals surface area (Å²) in [5.74, 6) is 0.923. The first-order valence-corrected chi connectivity index (χ1v) is 8.79. The summed E-state index contributed by atoms with van der Waals surface area (Å²) in [4.78, 5) is 0. The minimum absolute atomic E-state index is 0.246. The van der Waals surface area contributed by atoms with Gasteiger partial charge in [0.25, 0.3) is 0 Å². The number of nitrogens with one attached hydrogen (secondary N) is 1. The van der Waals surface area contributed by atoms with E-state index in [9.17, 15) is 8.42 Å². The van der Waals surface area contributed by atoms with Crippen LogP contribution in [-0.2, 0) is 16.3 Å². The maximum Gasteiger partial charge on any atom is 0.154 e. The van der Waals surface area contributed by atoms with Crippen LogP contribution in [0.15, 0.2) is 18.2 Å². The van der Waals surface area contributed by atoms with E-state index in [2.05, 4.69) is 11.4 Å². The maximum absolute atomic E-state index is 12.1. The number of fused-ring (bicyclic) bond motifs is 1. The normalized spacial score (nSPS) is 17.2. The maximum atomic E-state index is 12.1. The Hall–Kier alpha value is -1.07. The summed E-state index contributed by atoms with van der Waals surface area (Å²) in [6.07, 6.45) is 3.29. The molecule has 0 aromatic heterocycles. The van der Waals surface area contributed by atoms with Gasteiger partial charge in [-0.2, -0.15) is 0 Å². The van der Waals surface area contributed by atoms with Crippen LogP contribution in [0.3, 0.4) is 0 Å². The summed E-state index contributed by atoms with van der Waals surface area (Å²) in [5, 5.41) is 3.15. The van der Waals surface area contributed by atoms with Gasteiger partial charge in [-0.15, -0.1) is 0 Å². The monoisotopic (exact) mass is 297 g/mol. The highest BCUT2D eigenvalue weighted by molar-refractivity contribution is 7.92. The predicted molar refractivity (Wildman–Crippen MR) is 81.0 cm³/mol. The van der Waals surface area contributed by atoms with Gasteiger partial charge in [0.15, 0.2) is 9.84 Å². The first-order chi connectivity index (χ1) is 9.27. The molecule has 1 unspecified atom stereocenters. The smallest absolute Gasteiger partial charge is 0.154 e. The van der Waals surface area contributed by atoms with Crippen molar-refractivity contribution < 1.29 is 13.2 Å². The Labute approximate surface area is 121 Å². The number of ether oxygens (including phenoxy) is 1. The summed E-state index contributed by atoms with van der Waals surface area (Å²) in [7, 11) is -1.38. The van der Waals surface area contributed by atoms with Gasteiger partial charge in [-0.25, -0.2) is 8.42 Å². The number of sulfone groups is 1. The molecule has 1 heterocycles. The van der Waals surface area contributed by atoms with Crippen molar-refractivity contribution in [1.82, 2.24) is 5.32 Å². The Balaban J connectivity index is 2.42. The molecule has 20 heavy (non-hydrogen) atoms. The molecule has 1 N–H and O–H groups in total. The molecule has 0 bridgehead atoms. The van der Waals surface area contributed by atoms with Crippen molar-refractivity contribution in [1.29, 1.82) is 0 Å². The van der Waals surface area contributed by atoms with Gasteiger partial charge >= 0.3 is 0 Å². The van der Waals surface area contributed by atoms with Crippen LogP contribution in [0.2, 0.25) is 0 Å². The van der Waals surface area contributed by atoms with E-state index >= 15 is 0 Å². The average Bonchev–Trinajstić information content (AvgIpc) is 2.38. The minimum atomic E-state index is -3.18. The van der Waals surface area contributed by atoms with E-state index in [0.717, 1.165) is 30.8 Å². The van der Waals surface area contributed by atoms with E-state index in [0.29, 0.717) is 0 Å². The third kappa shape index (κ3) is 2.69. The molecule has 0 amide bonds. The Bertz CT molecular complexity index is 593. The van der Waals surface area contributed by atoms with Crippen LogP contribution < -0.4 is 10.1 Å². The fourth-order valence-electron chi connectivity index (χ4n) is 2.69. The van der Waals surface area contributed by atoms with E-state index in [-0.39, 0.29) is 6.04 Å². The summed E-state index contributed by atoms with van der Waals surface area (Å²) in [6.45, 7) is 4.29. The SMILES string of the molecule is CNC(c1ccc2c(c1)CCCO2)C(C)(C)S(C)(=O)=O. The van der Waals surface area contributed by atoms with Crippen LogP contribution in [0.25, 0.3) is 0 Å². The largest absolute Gasteiger partial charge is 0.493 e. The van der Waals surface area contributed by atoms with Crippen molar-refractivity contribution >= 4 is 9.84 Å². The number of hydrogen-bond acceptors (Lipinski definition) is 4. The molecule has 5 heteroatoms. The van der Waals surface area contributed by atoms with Crippen molar-refractivity contribution in [2.45, 2.75) is 37.5 Å². The van der Waals surface area contributed by atoms with E-state index in [1.165, 1.54) is 11.8 Å². The molecule has 1 aliphatic heterocycles. The van der Waals surface area contributed by atoms with Crippen molar-refractivity contribution in [3.8, 4) is 5.75 Å². The molecule has 0 fully saturated rings. The van der Waals surface area contributed by atoms with Gasteiger partial charge in [0.2, 0.25) is 0 Å². The van der Waals surface area contributed by atoms with Crippen molar-refractivity contribution in [2.75, 3.05) is 19.9 Å². The van der Waals surface area contributed by atoms with Gasteiger partial charge in [0.05, 0.1) is 17.4 Å². The van der Waals surface area contributed by atoms with Crippen LogP contribution in [0, 0.1) is 0 Å². The molecule has 0 radical (unpaired) electrons. The van der Waals surface area contributed by atoms with Gasteiger partial charge < -0.3 is 10.1 Å². The molecule has 0 spiro atoms. The number of rotatable bonds is 4. The number of aryl methyl sites for hydroxylation is 1. The Morgan fingerprint density at radius 3 is 2.65 bits per heavy atom. The van der Waals surface area contributed by atoms with Gasteiger partial charge in [-0.1, -0.05) is 12.1 Å². The zero-order valence-corrected chi connectivity index (χ0v) is 13.4. The third-order valence-corrected chi connectivity index (χ3v) is 6.35. The Morgan fingerprint density at radius 2 is 2.05 bits per heavy atom. The second kappa shape index (κ2) is 5.37. The minimum Gasteiger partial charge on any atom is -0.493 e. The van der Waals surface area contributed by atoms with Crippen LogP contribution in [0.1, 0.15) is 37.4 Å². The van der Waals surface area contributed by atoms with E-state index in [1.807, 2.05) is 12.1 Å². The molecule has 1 aromatic rings. The molecule has 1 aliphatic rings. The lowest BCUT2D eigenvalue weighted by Crippen LogP contribution is -2.43. The third-order valence-electron chi connectivity index (χ3n) is 4.21. The average molecular weight is 297 g/mol. The van der Waals surface area contributed by atoms with Crippen LogP contribution in [-0.4, -0.2) is 33.1 Å². The molecular formula is C15H23NO3S. The lowest BCUT2D eigenvalue weighted by Gasteiger charge is -2.33. The fraction of sp³-hybridized carbons (Fsp3) is 0.600. The lowest BCUT2D eigenvalue weighted by molar-refractivity contribution is 0.288. The van der Waals surface area contributed by atoms with Crippen molar-refractivity contribution in [3.05, 3.63) is 29.3 Å². The van der Waals surface area contributed by atoms with Crippen molar-refractivity contribution in [3.63, 3.8) is 0 Å². The molecule has 0 aliphatic carbocycles. The standard InChI is InChI=1S/C15H23NO3S/c1-15(2,20(4,17)18)14(16-3)12-7-8-13-11(10-12)6-5-9-19-13/h7-8,10,14,16H,5-6,9H2,1-4H3. The first-order valence-electron chi connectivity index (χ1n) is 6.90. The summed E-state index contributed by atoms with van der Waals surface area (Å²) in [6, 6.07) is 5.73. The van der Waals surface area contributed by atoms with Gasteiger partial charge in [-0.3, -0.25) is 0 Å². The zero-order valence-electron chi connectivity index (χ0n) is 12.6. The Kier molecular flexibility index (Phi) is 4.12. The van der Waals surface area contributed by atoms with Gasteiger partial charge in [0, 0.05) is 6.26 Å². The zero-order chi connectivity index (χ0) is 15.0. The second-order valence-corrected chi connectivity index (χ2v) is 8.51. The van der Waals surface area contributed by atoms with Crippen LogP contribution >= 0.6 is 0 Å². The fourth-order valence-corrected chi connectivity index (χ4v) is 3.37. The molecule has 0 saturated carbocycles. The molecule has 1 aromatic carbocycles. The highest BCUT2D eigenvalue weighted by Gasteiger charge is 2.39. The number of benzene rings is 1. The van der Waals surface area contributed by atoms with E-state index in [4.69, 9.17) is 4.74 Å². The van der Waals surface area contributed by atoms with E-state index < -0.39 is 14.6 Å². The molecule has 112 valence electrons. The summed E-state index contributed by atoms with van der Waals surface area (Å²) in [5.41, 5.74) is 2.16. The second-order valence-electron chi connectivity index (χ2n) is 5.92. The van der Waals surface area contributed by atoms with Crippen molar-refractivity contribution in [2.24, 2.45) is 0 Å². The quantitative estimate of drug-likeness (QED) is 0.924. The van der Waals surface area contributed by atoms with Crippen LogP contribution in [0.4, 0.5) is 0 Å². The molecule has 1 atom stereocenters. The molecule has 0 saturated heterocycles. The van der Waals surface area contributed by atoms with Crippen LogP contribution in [0.5, 0.6) is 5.75 Å². The first kappa shape index (κ1) is 15.3. The highest BCUT2D eigenvalue weighted by Crippen LogP contribution is 2.35. The van der Waals surface area contributed by atoms with Gasteiger partial charge in [-0.05, 0) is 50.9 Å².